The zero-order chi connectivity index (χ0) is 16.4. The van der Waals surface area contributed by atoms with E-state index in [2.05, 4.69) is 34.6 Å². The van der Waals surface area contributed by atoms with Crippen molar-refractivity contribution in [2.45, 2.75) is 38.6 Å². The monoisotopic (exact) mass is 320 g/mol. The third kappa shape index (κ3) is 3.08. The Kier molecular flexibility index (Phi) is 4.33. The molecule has 3 aliphatic carbocycles. The molecule has 3 aliphatic rings. The second-order valence-corrected chi connectivity index (χ2v) is 7.15. The number of fused-ring (bicyclic) bond motifs is 3. The molecule has 124 valence electrons. The molecule has 1 aromatic rings. The first-order chi connectivity index (χ1) is 11.8. The van der Waals surface area contributed by atoms with E-state index in [0.29, 0.717) is 18.4 Å². The summed E-state index contributed by atoms with van der Waals surface area (Å²) in [5.41, 5.74) is 4.09. The third-order valence-corrected chi connectivity index (χ3v) is 5.73. The number of pyridine rings is 1. The van der Waals surface area contributed by atoms with E-state index < -0.39 is 0 Å². The van der Waals surface area contributed by atoms with Crippen LogP contribution in [0.5, 0.6) is 0 Å². The second kappa shape index (κ2) is 6.76. The fraction of sp³-hybridized carbons (Fsp3) is 0.429. The number of rotatable bonds is 3. The standard InChI is InChI=1S/C21H24N2O/c24-21(23-14-15-9-11-22-12-10-15)18-7-8-20-17(13-18)6-5-16-3-1-2-4-19(16)20/h1,3,5-6,9-12,18-20H,2,4,7-8,13-14H2,(H,23,24). The van der Waals surface area contributed by atoms with E-state index in [1.807, 2.05) is 12.1 Å². The van der Waals surface area contributed by atoms with Crippen molar-refractivity contribution in [3.8, 4) is 0 Å². The average molecular weight is 320 g/mol. The molecule has 0 spiro atoms. The summed E-state index contributed by atoms with van der Waals surface area (Å²) in [7, 11) is 0. The maximum atomic E-state index is 12.5. The molecule has 3 unspecified atom stereocenters. The van der Waals surface area contributed by atoms with Crippen LogP contribution >= 0.6 is 0 Å². The minimum absolute atomic E-state index is 0.128. The molecule has 0 radical (unpaired) electrons. The molecule has 1 heterocycles. The molecule has 1 N–H and O–H groups in total. The Balaban J connectivity index is 1.39. The first-order valence-electron chi connectivity index (χ1n) is 9.05. The largest absolute Gasteiger partial charge is 0.352 e. The Morgan fingerprint density at radius 2 is 2.00 bits per heavy atom. The molecule has 24 heavy (non-hydrogen) atoms. The van der Waals surface area contributed by atoms with Crippen LogP contribution in [-0.2, 0) is 11.3 Å². The van der Waals surface area contributed by atoms with Gasteiger partial charge >= 0.3 is 0 Å². The summed E-state index contributed by atoms with van der Waals surface area (Å²) in [5.74, 6) is 1.68. The van der Waals surface area contributed by atoms with Gasteiger partial charge in [0, 0.05) is 24.9 Å². The maximum Gasteiger partial charge on any atom is 0.223 e. The van der Waals surface area contributed by atoms with Crippen LogP contribution in [0.25, 0.3) is 0 Å². The molecule has 4 rings (SSSR count). The summed E-state index contributed by atoms with van der Waals surface area (Å²) >= 11 is 0. The van der Waals surface area contributed by atoms with E-state index in [-0.39, 0.29) is 11.8 Å². The summed E-state index contributed by atoms with van der Waals surface area (Å²) in [6.07, 6.45) is 18.2. The van der Waals surface area contributed by atoms with Crippen LogP contribution in [0.3, 0.4) is 0 Å². The van der Waals surface area contributed by atoms with Gasteiger partial charge < -0.3 is 5.32 Å². The molecular formula is C21H24N2O. The minimum Gasteiger partial charge on any atom is -0.352 e. The van der Waals surface area contributed by atoms with E-state index in [1.54, 1.807) is 12.4 Å². The van der Waals surface area contributed by atoms with Gasteiger partial charge in [0.1, 0.15) is 0 Å². The molecule has 0 saturated heterocycles. The van der Waals surface area contributed by atoms with Gasteiger partial charge in [-0.15, -0.1) is 0 Å². The van der Waals surface area contributed by atoms with Crippen molar-refractivity contribution in [2.24, 2.45) is 17.8 Å². The Hall–Kier alpha value is -2.16. The lowest BCUT2D eigenvalue weighted by atomic mass is 9.65. The van der Waals surface area contributed by atoms with Crippen LogP contribution in [0.2, 0.25) is 0 Å². The smallest absolute Gasteiger partial charge is 0.223 e. The van der Waals surface area contributed by atoms with Crippen molar-refractivity contribution in [3.63, 3.8) is 0 Å². The molecule has 3 heteroatoms. The van der Waals surface area contributed by atoms with E-state index in [0.717, 1.165) is 24.8 Å². The van der Waals surface area contributed by atoms with Gasteiger partial charge in [0.25, 0.3) is 0 Å². The van der Waals surface area contributed by atoms with Gasteiger partial charge in [0.2, 0.25) is 5.91 Å². The Morgan fingerprint density at radius 3 is 2.88 bits per heavy atom. The third-order valence-electron chi connectivity index (χ3n) is 5.73. The van der Waals surface area contributed by atoms with Gasteiger partial charge in [0.05, 0.1) is 0 Å². The van der Waals surface area contributed by atoms with Crippen molar-refractivity contribution >= 4 is 5.91 Å². The number of amides is 1. The van der Waals surface area contributed by atoms with E-state index in [1.165, 1.54) is 24.0 Å². The fourth-order valence-corrected chi connectivity index (χ4v) is 4.41. The van der Waals surface area contributed by atoms with E-state index in [9.17, 15) is 4.79 Å². The van der Waals surface area contributed by atoms with Crippen LogP contribution in [0.15, 0.2) is 60.0 Å². The van der Waals surface area contributed by atoms with Crippen LogP contribution in [-0.4, -0.2) is 10.9 Å². The molecule has 0 aliphatic heterocycles. The zero-order valence-corrected chi connectivity index (χ0v) is 13.9. The Morgan fingerprint density at radius 1 is 1.12 bits per heavy atom. The summed E-state index contributed by atoms with van der Waals surface area (Å²) in [6.45, 7) is 0.595. The predicted molar refractivity (Wildman–Crippen MR) is 94.9 cm³/mol. The normalized spacial score (nSPS) is 28.2. The molecule has 3 nitrogen and oxygen atoms in total. The number of nitrogens with one attached hydrogen (secondary N) is 1. The highest BCUT2D eigenvalue weighted by atomic mass is 16.1. The molecule has 1 saturated carbocycles. The summed E-state index contributed by atoms with van der Waals surface area (Å²) in [6, 6.07) is 3.90. The van der Waals surface area contributed by atoms with Crippen molar-refractivity contribution in [1.82, 2.24) is 10.3 Å². The van der Waals surface area contributed by atoms with Crippen LogP contribution < -0.4 is 5.32 Å². The molecule has 1 aromatic heterocycles. The lowest BCUT2D eigenvalue weighted by Crippen LogP contribution is -2.36. The number of aromatic nitrogens is 1. The van der Waals surface area contributed by atoms with Crippen molar-refractivity contribution in [1.29, 1.82) is 0 Å². The first kappa shape index (κ1) is 15.4. The number of hydrogen-bond donors (Lipinski definition) is 1. The molecule has 1 fully saturated rings. The summed E-state index contributed by atoms with van der Waals surface area (Å²) in [5, 5.41) is 3.10. The number of allylic oxidation sites excluding steroid dienone is 6. The van der Waals surface area contributed by atoms with Crippen molar-refractivity contribution < 1.29 is 4.79 Å². The highest BCUT2D eigenvalue weighted by molar-refractivity contribution is 5.79. The van der Waals surface area contributed by atoms with Crippen molar-refractivity contribution in [3.05, 3.63) is 65.5 Å². The zero-order valence-electron chi connectivity index (χ0n) is 13.9. The highest BCUT2D eigenvalue weighted by Gasteiger charge is 2.36. The SMILES string of the molecule is O=C(NCc1ccncc1)C1CCC2C(=CC=C3C=CCCC32)C1. The highest BCUT2D eigenvalue weighted by Crippen LogP contribution is 2.46. The van der Waals surface area contributed by atoms with Gasteiger partial charge in [-0.3, -0.25) is 9.78 Å². The average Bonchev–Trinajstić information content (AvgIpc) is 2.66. The number of hydrogen-bond acceptors (Lipinski definition) is 2. The summed E-state index contributed by atoms with van der Waals surface area (Å²) < 4.78 is 0. The van der Waals surface area contributed by atoms with Crippen LogP contribution in [0, 0.1) is 17.8 Å². The van der Waals surface area contributed by atoms with Crippen LogP contribution in [0.4, 0.5) is 0 Å². The lowest BCUT2D eigenvalue weighted by Gasteiger charge is -2.39. The van der Waals surface area contributed by atoms with Gasteiger partial charge in [-0.05, 0) is 67.2 Å². The number of nitrogens with zero attached hydrogens (tertiary/aromatic N) is 1. The Bertz CT molecular complexity index is 702. The fourth-order valence-electron chi connectivity index (χ4n) is 4.41. The lowest BCUT2D eigenvalue weighted by molar-refractivity contribution is -0.125. The van der Waals surface area contributed by atoms with Crippen molar-refractivity contribution in [2.75, 3.05) is 0 Å². The number of carbonyl (C=O) groups is 1. The quantitative estimate of drug-likeness (QED) is 0.916. The van der Waals surface area contributed by atoms with Crippen LogP contribution in [0.1, 0.15) is 37.7 Å². The molecule has 0 aromatic carbocycles. The maximum absolute atomic E-state index is 12.5. The second-order valence-electron chi connectivity index (χ2n) is 7.15. The Labute approximate surface area is 143 Å². The topological polar surface area (TPSA) is 42.0 Å². The van der Waals surface area contributed by atoms with E-state index >= 15 is 0 Å². The minimum atomic E-state index is 0.128. The molecule has 0 bridgehead atoms. The van der Waals surface area contributed by atoms with Gasteiger partial charge in [-0.1, -0.05) is 29.9 Å². The molecule has 3 atom stereocenters. The summed E-state index contributed by atoms with van der Waals surface area (Å²) in [4.78, 5) is 16.6. The van der Waals surface area contributed by atoms with Gasteiger partial charge in [0.15, 0.2) is 0 Å². The number of carbonyl (C=O) groups excluding carboxylic acids is 1. The molecular weight excluding hydrogens is 296 g/mol. The predicted octanol–water partition coefficient (Wildman–Crippen LogP) is 3.95. The molecule has 1 amide bonds. The first-order valence-corrected chi connectivity index (χ1v) is 9.05. The van der Waals surface area contributed by atoms with Gasteiger partial charge in [-0.2, -0.15) is 0 Å². The van der Waals surface area contributed by atoms with Gasteiger partial charge in [-0.25, -0.2) is 0 Å². The van der Waals surface area contributed by atoms with E-state index in [4.69, 9.17) is 0 Å².